The predicted octanol–water partition coefficient (Wildman–Crippen LogP) is 7.38. The average Bonchev–Trinajstić information content (AvgIpc) is 3.42. The number of rotatable bonds is 5. The summed E-state index contributed by atoms with van der Waals surface area (Å²) in [6, 6.07) is 13.2. The second-order valence-corrected chi connectivity index (χ2v) is 11.4. The summed E-state index contributed by atoms with van der Waals surface area (Å²) in [7, 11) is 0. The summed E-state index contributed by atoms with van der Waals surface area (Å²) in [6.07, 6.45) is -2.76. The minimum Gasteiger partial charge on any atom is -0.444 e. The molecule has 0 saturated carbocycles. The number of alkyl halides is 3. The molecule has 0 unspecified atom stereocenters. The van der Waals surface area contributed by atoms with Crippen LogP contribution >= 0.6 is 0 Å². The first-order valence-electron chi connectivity index (χ1n) is 13.8. The molecule has 12 heteroatoms. The van der Waals surface area contributed by atoms with Crippen LogP contribution in [0.1, 0.15) is 68.7 Å². The number of carbonyl (C=O) groups is 1. The maximum Gasteiger partial charge on any atom is 0.421 e. The van der Waals surface area contributed by atoms with Crippen molar-refractivity contribution in [3.63, 3.8) is 0 Å². The fourth-order valence-electron chi connectivity index (χ4n) is 5.22. The van der Waals surface area contributed by atoms with E-state index < -0.39 is 35.0 Å². The van der Waals surface area contributed by atoms with Gasteiger partial charge in [0, 0.05) is 31.4 Å². The Hall–Kier alpha value is -3.93. The van der Waals surface area contributed by atoms with E-state index >= 15 is 4.39 Å². The van der Waals surface area contributed by atoms with E-state index in [1.54, 1.807) is 37.8 Å². The minimum atomic E-state index is -4.71. The van der Waals surface area contributed by atoms with Gasteiger partial charge in [0.1, 0.15) is 17.0 Å². The molecule has 2 saturated heterocycles. The number of halogens is 4. The van der Waals surface area contributed by atoms with Crippen LogP contribution in [0, 0.1) is 5.82 Å². The van der Waals surface area contributed by atoms with Crippen molar-refractivity contribution in [3.8, 4) is 0 Å². The zero-order valence-electron chi connectivity index (χ0n) is 23.6. The molecule has 0 aliphatic carbocycles. The molecule has 2 aromatic carbocycles. The van der Waals surface area contributed by atoms with Crippen LogP contribution in [-0.4, -0.2) is 46.3 Å². The highest BCUT2D eigenvalue weighted by Gasteiger charge is 2.40. The lowest BCUT2D eigenvalue weighted by atomic mass is 9.89. The lowest BCUT2D eigenvalue weighted by molar-refractivity contribution is -0.138. The van der Waals surface area contributed by atoms with Gasteiger partial charge in [-0.15, -0.1) is 0 Å². The van der Waals surface area contributed by atoms with Crippen molar-refractivity contribution in [1.29, 1.82) is 0 Å². The minimum absolute atomic E-state index is 0.0890. The maximum absolute atomic E-state index is 15.2. The number of benzene rings is 2. The van der Waals surface area contributed by atoms with Crippen LogP contribution < -0.4 is 10.4 Å². The van der Waals surface area contributed by atoms with Crippen molar-refractivity contribution in [2.45, 2.75) is 63.8 Å². The molecule has 1 atom stereocenters. The first kappa shape index (κ1) is 29.6. The number of hydroxylamine groups is 1. The Morgan fingerprint density at radius 1 is 1.05 bits per heavy atom. The van der Waals surface area contributed by atoms with E-state index in [0.717, 1.165) is 5.56 Å². The highest BCUT2D eigenvalue weighted by Crippen LogP contribution is 2.42. The van der Waals surface area contributed by atoms with E-state index in [4.69, 9.17) is 9.57 Å². The summed E-state index contributed by atoms with van der Waals surface area (Å²) >= 11 is 0. The van der Waals surface area contributed by atoms with Crippen LogP contribution in [0.25, 0.3) is 0 Å². The molecule has 42 heavy (non-hydrogen) atoms. The molecule has 2 aliphatic heterocycles. The van der Waals surface area contributed by atoms with Gasteiger partial charge < -0.3 is 15.0 Å². The zero-order chi connectivity index (χ0) is 30.1. The van der Waals surface area contributed by atoms with Crippen molar-refractivity contribution >= 4 is 23.5 Å². The number of hydrogen-bond acceptors (Lipinski definition) is 7. The van der Waals surface area contributed by atoms with Gasteiger partial charge in [-0.25, -0.2) is 19.2 Å². The van der Waals surface area contributed by atoms with Gasteiger partial charge in [0.05, 0.1) is 12.6 Å². The Labute approximate surface area is 241 Å². The number of nitrogens with one attached hydrogen (secondary N) is 1. The van der Waals surface area contributed by atoms with Gasteiger partial charge in [-0.1, -0.05) is 36.4 Å². The smallest absolute Gasteiger partial charge is 0.421 e. The summed E-state index contributed by atoms with van der Waals surface area (Å²) in [6.45, 7) is 6.54. The van der Waals surface area contributed by atoms with Crippen molar-refractivity contribution in [2.24, 2.45) is 0 Å². The van der Waals surface area contributed by atoms with Crippen molar-refractivity contribution in [2.75, 3.05) is 30.1 Å². The summed E-state index contributed by atoms with van der Waals surface area (Å²) in [5.74, 6) is -1.10. The van der Waals surface area contributed by atoms with E-state index in [-0.39, 0.29) is 30.3 Å². The van der Waals surface area contributed by atoms with Gasteiger partial charge in [0.2, 0.25) is 5.95 Å². The Morgan fingerprint density at radius 3 is 2.40 bits per heavy atom. The van der Waals surface area contributed by atoms with Crippen LogP contribution in [-0.2, 0) is 15.8 Å². The van der Waals surface area contributed by atoms with Crippen LogP contribution in [0.5, 0.6) is 0 Å². The topological polar surface area (TPSA) is 79.8 Å². The highest BCUT2D eigenvalue weighted by molar-refractivity contribution is 5.68. The Kier molecular flexibility index (Phi) is 8.27. The number of piperidine rings is 1. The Bertz CT molecular complexity index is 1410. The highest BCUT2D eigenvalue weighted by atomic mass is 19.4. The normalized spacial score (nSPS) is 18.3. The largest absolute Gasteiger partial charge is 0.444 e. The van der Waals surface area contributed by atoms with Gasteiger partial charge in [-0.2, -0.15) is 18.2 Å². The number of aromatic nitrogens is 2. The average molecular weight is 588 g/mol. The molecule has 224 valence electrons. The van der Waals surface area contributed by atoms with Crippen molar-refractivity contribution < 1.29 is 31.9 Å². The van der Waals surface area contributed by atoms with Gasteiger partial charge in [-0.05, 0) is 62.8 Å². The number of likely N-dealkylation sites (tertiary alicyclic amines) is 1. The standard InChI is InChI=1S/C30H33F4N5O3/c1-29(2,3)42-28(40)38-14-11-19(12-15-38)22-10-9-21(17-24(22)31)36-27-35-18-23(30(32,33)34)26(37-27)39-25(13-16-41-39)20-7-5-4-6-8-20/h4-10,17-19,25H,11-16H2,1-3H3,(H,35,36,37)/t25-/m0/s1. The summed E-state index contributed by atoms with van der Waals surface area (Å²) in [4.78, 5) is 27.6. The number of anilines is 3. The van der Waals surface area contributed by atoms with Gasteiger partial charge in [0.15, 0.2) is 5.82 Å². The third kappa shape index (κ3) is 6.75. The molecular formula is C30H33F4N5O3. The molecule has 5 rings (SSSR count). The maximum atomic E-state index is 15.2. The lowest BCUT2D eigenvalue weighted by Gasteiger charge is -2.33. The molecule has 3 heterocycles. The molecular weight excluding hydrogens is 554 g/mol. The van der Waals surface area contributed by atoms with Crippen LogP contribution in [0.4, 0.5) is 39.8 Å². The Morgan fingerprint density at radius 2 is 1.76 bits per heavy atom. The van der Waals surface area contributed by atoms with Crippen LogP contribution in [0.3, 0.4) is 0 Å². The van der Waals surface area contributed by atoms with E-state index in [9.17, 15) is 18.0 Å². The lowest BCUT2D eigenvalue weighted by Crippen LogP contribution is -2.41. The van der Waals surface area contributed by atoms with Gasteiger partial charge >= 0.3 is 12.3 Å². The zero-order valence-corrected chi connectivity index (χ0v) is 23.6. The second-order valence-electron chi connectivity index (χ2n) is 11.4. The number of amides is 1. The number of ether oxygens (including phenoxy) is 1. The number of hydrogen-bond donors (Lipinski definition) is 1. The van der Waals surface area contributed by atoms with E-state index in [1.807, 2.05) is 30.3 Å². The first-order valence-corrected chi connectivity index (χ1v) is 13.8. The number of nitrogens with zero attached hydrogens (tertiary/aromatic N) is 4. The van der Waals surface area contributed by atoms with Crippen molar-refractivity contribution in [1.82, 2.24) is 14.9 Å². The molecule has 1 amide bonds. The predicted molar refractivity (Wildman–Crippen MR) is 149 cm³/mol. The van der Waals surface area contributed by atoms with E-state index in [0.29, 0.717) is 44.1 Å². The Balaban J connectivity index is 1.32. The molecule has 2 aliphatic rings. The number of carbonyl (C=O) groups excluding carboxylic acids is 1. The molecule has 0 spiro atoms. The molecule has 0 radical (unpaired) electrons. The molecule has 0 bridgehead atoms. The SMILES string of the molecule is CC(C)(C)OC(=O)N1CCC(c2ccc(Nc3ncc(C(F)(F)F)c(N4OCC[C@H]4c4ccccc4)n3)cc2F)CC1. The fraction of sp³-hybridized carbons (Fsp3) is 0.433. The van der Waals surface area contributed by atoms with E-state index in [1.165, 1.54) is 11.1 Å². The summed E-state index contributed by atoms with van der Waals surface area (Å²) in [5.41, 5.74) is -0.0310. The van der Waals surface area contributed by atoms with Crippen LogP contribution in [0.2, 0.25) is 0 Å². The quantitative estimate of drug-likeness (QED) is 0.312. The molecule has 8 nitrogen and oxygen atoms in total. The van der Waals surface area contributed by atoms with E-state index in [2.05, 4.69) is 15.3 Å². The second kappa shape index (κ2) is 11.7. The third-order valence-corrected chi connectivity index (χ3v) is 7.21. The van der Waals surface area contributed by atoms with Crippen molar-refractivity contribution in [3.05, 3.63) is 77.2 Å². The van der Waals surface area contributed by atoms with Crippen LogP contribution in [0.15, 0.2) is 54.7 Å². The third-order valence-electron chi connectivity index (χ3n) is 7.21. The summed E-state index contributed by atoms with van der Waals surface area (Å²) in [5, 5.41) is 4.01. The molecule has 3 aromatic rings. The molecule has 1 N–H and O–H groups in total. The monoisotopic (exact) mass is 587 g/mol. The molecule has 2 fully saturated rings. The van der Waals surface area contributed by atoms with Gasteiger partial charge in [0.25, 0.3) is 0 Å². The molecule has 1 aromatic heterocycles. The fourth-order valence-corrected chi connectivity index (χ4v) is 5.22. The summed E-state index contributed by atoms with van der Waals surface area (Å²) < 4.78 is 62.5. The first-order chi connectivity index (χ1) is 19.9. The van der Waals surface area contributed by atoms with Gasteiger partial charge in [-0.3, -0.25) is 4.84 Å².